The molecule has 86 valence electrons. The lowest BCUT2D eigenvalue weighted by Crippen LogP contribution is -2.15. The van der Waals surface area contributed by atoms with E-state index in [1.54, 1.807) is 11.3 Å². The molecule has 1 heterocycles. The second-order valence-corrected chi connectivity index (χ2v) is 6.27. The fourth-order valence-electron chi connectivity index (χ4n) is 1.55. The molecule has 0 bridgehead atoms. The van der Waals surface area contributed by atoms with Crippen molar-refractivity contribution in [3.8, 4) is 6.07 Å². The first-order valence-electron chi connectivity index (χ1n) is 5.14. The highest BCUT2D eigenvalue weighted by Crippen LogP contribution is 2.24. The monoisotopic (exact) mass is 306 g/mol. The lowest BCUT2D eigenvalue weighted by molar-refractivity contribution is 0.940. The van der Waals surface area contributed by atoms with Gasteiger partial charge in [0.25, 0.3) is 0 Å². The van der Waals surface area contributed by atoms with Gasteiger partial charge < -0.3 is 4.90 Å². The molecule has 2 nitrogen and oxygen atoms in total. The second kappa shape index (κ2) is 5.35. The van der Waals surface area contributed by atoms with E-state index in [0.29, 0.717) is 5.56 Å². The van der Waals surface area contributed by atoms with Crippen LogP contribution in [-0.4, -0.2) is 7.05 Å². The van der Waals surface area contributed by atoms with Crippen molar-refractivity contribution in [3.05, 3.63) is 50.6 Å². The highest BCUT2D eigenvalue weighted by atomic mass is 79.9. The number of nitrogens with zero attached hydrogens (tertiary/aromatic N) is 2. The molecule has 0 saturated heterocycles. The molecule has 0 radical (unpaired) electrons. The molecular weight excluding hydrogens is 296 g/mol. The number of hydrogen-bond donors (Lipinski definition) is 0. The van der Waals surface area contributed by atoms with E-state index in [1.165, 1.54) is 4.88 Å². The summed E-state index contributed by atoms with van der Waals surface area (Å²) in [5, 5.41) is 8.74. The van der Waals surface area contributed by atoms with Crippen molar-refractivity contribution in [2.24, 2.45) is 0 Å². The quantitative estimate of drug-likeness (QED) is 0.856. The lowest BCUT2D eigenvalue weighted by Gasteiger charge is -2.18. The molecule has 0 aliphatic heterocycles. The lowest BCUT2D eigenvalue weighted by atomic mass is 10.2. The number of hydrogen-bond acceptors (Lipinski definition) is 3. The summed E-state index contributed by atoms with van der Waals surface area (Å²) < 4.78 is 1.15. The maximum Gasteiger partial charge on any atom is 0.0991 e. The highest BCUT2D eigenvalue weighted by molar-refractivity contribution is 9.11. The van der Waals surface area contributed by atoms with Crippen LogP contribution in [0.4, 0.5) is 5.69 Å². The summed E-state index contributed by atoms with van der Waals surface area (Å²) >= 11 is 5.20. The Morgan fingerprint density at radius 3 is 2.47 bits per heavy atom. The standard InChI is InChI=1S/C13H11BrN2S/c1-16(9-12-6-7-13(14)17-12)11-4-2-10(8-15)3-5-11/h2-7H,9H2,1H3. The van der Waals surface area contributed by atoms with Gasteiger partial charge in [-0.2, -0.15) is 5.26 Å². The topological polar surface area (TPSA) is 27.0 Å². The summed E-state index contributed by atoms with van der Waals surface area (Å²) in [7, 11) is 2.05. The van der Waals surface area contributed by atoms with Gasteiger partial charge in [-0.05, 0) is 52.3 Å². The normalized spacial score (nSPS) is 9.94. The zero-order valence-corrected chi connectivity index (χ0v) is 11.8. The predicted octanol–water partition coefficient (Wildman–Crippen LogP) is 4.02. The summed E-state index contributed by atoms with van der Waals surface area (Å²) in [4.78, 5) is 3.48. The fourth-order valence-corrected chi connectivity index (χ4v) is 3.09. The summed E-state index contributed by atoms with van der Waals surface area (Å²) in [5.41, 5.74) is 1.81. The molecule has 4 heteroatoms. The number of anilines is 1. The Balaban J connectivity index is 2.09. The van der Waals surface area contributed by atoms with Crippen LogP contribution in [-0.2, 0) is 6.54 Å². The van der Waals surface area contributed by atoms with E-state index in [9.17, 15) is 0 Å². The first kappa shape index (κ1) is 12.2. The van der Waals surface area contributed by atoms with Gasteiger partial charge in [0.15, 0.2) is 0 Å². The van der Waals surface area contributed by atoms with Crippen LogP contribution in [0, 0.1) is 11.3 Å². The van der Waals surface area contributed by atoms with Crippen molar-refractivity contribution < 1.29 is 0 Å². The second-order valence-electron chi connectivity index (χ2n) is 3.72. The minimum Gasteiger partial charge on any atom is -0.369 e. The molecule has 2 aromatic rings. The maximum absolute atomic E-state index is 8.74. The Bertz CT molecular complexity index is 539. The molecule has 0 aliphatic carbocycles. The number of benzene rings is 1. The van der Waals surface area contributed by atoms with E-state index in [2.05, 4.69) is 46.1 Å². The van der Waals surface area contributed by atoms with Crippen LogP contribution in [0.1, 0.15) is 10.4 Å². The average Bonchev–Trinajstić information content (AvgIpc) is 2.75. The summed E-state index contributed by atoms with van der Waals surface area (Å²) in [6, 6.07) is 13.9. The molecular formula is C13H11BrN2S. The molecule has 0 atom stereocenters. The van der Waals surface area contributed by atoms with Gasteiger partial charge in [-0.1, -0.05) is 0 Å². The largest absolute Gasteiger partial charge is 0.369 e. The van der Waals surface area contributed by atoms with E-state index < -0.39 is 0 Å². The molecule has 0 fully saturated rings. The van der Waals surface area contributed by atoms with Crippen molar-refractivity contribution in [2.45, 2.75) is 6.54 Å². The van der Waals surface area contributed by atoms with Gasteiger partial charge in [-0.3, -0.25) is 0 Å². The minimum atomic E-state index is 0.695. The maximum atomic E-state index is 8.74. The van der Waals surface area contributed by atoms with Crippen molar-refractivity contribution in [3.63, 3.8) is 0 Å². The average molecular weight is 307 g/mol. The first-order valence-corrected chi connectivity index (χ1v) is 6.75. The van der Waals surface area contributed by atoms with E-state index in [4.69, 9.17) is 5.26 Å². The van der Waals surface area contributed by atoms with Crippen LogP contribution in [0.3, 0.4) is 0 Å². The van der Waals surface area contributed by atoms with Gasteiger partial charge in [0, 0.05) is 17.6 Å². The van der Waals surface area contributed by atoms with Gasteiger partial charge in [0.1, 0.15) is 0 Å². The number of rotatable bonds is 3. The minimum absolute atomic E-state index is 0.695. The van der Waals surface area contributed by atoms with Crippen LogP contribution in [0.5, 0.6) is 0 Å². The Hall–Kier alpha value is -1.31. The SMILES string of the molecule is CN(Cc1ccc(Br)s1)c1ccc(C#N)cc1. The third kappa shape index (κ3) is 3.09. The van der Waals surface area contributed by atoms with Gasteiger partial charge >= 0.3 is 0 Å². The molecule has 0 spiro atoms. The Labute approximate surface area is 113 Å². The molecule has 0 amide bonds. The summed E-state index contributed by atoms with van der Waals surface area (Å²) in [6.45, 7) is 0.877. The van der Waals surface area contributed by atoms with E-state index in [0.717, 1.165) is 16.0 Å². The number of halogens is 1. The Morgan fingerprint density at radius 2 is 1.94 bits per heavy atom. The number of nitriles is 1. The smallest absolute Gasteiger partial charge is 0.0991 e. The summed E-state index contributed by atoms with van der Waals surface area (Å²) in [5.74, 6) is 0. The van der Waals surface area contributed by atoms with E-state index >= 15 is 0 Å². The molecule has 0 aliphatic rings. The third-order valence-electron chi connectivity index (χ3n) is 2.46. The van der Waals surface area contributed by atoms with Gasteiger partial charge in [0.05, 0.1) is 22.0 Å². The predicted molar refractivity (Wildman–Crippen MR) is 75.3 cm³/mol. The molecule has 0 unspecified atom stereocenters. The Kier molecular flexibility index (Phi) is 3.82. The van der Waals surface area contributed by atoms with Gasteiger partial charge in [-0.25, -0.2) is 0 Å². The molecule has 0 saturated carbocycles. The zero-order chi connectivity index (χ0) is 12.3. The first-order chi connectivity index (χ1) is 8.19. The van der Waals surface area contributed by atoms with Gasteiger partial charge in [0.2, 0.25) is 0 Å². The van der Waals surface area contributed by atoms with E-state index in [1.807, 2.05) is 24.3 Å². The van der Waals surface area contributed by atoms with Crippen molar-refractivity contribution in [1.29, 1.82) is 5.26 Å². The van der Waals surface area contributed by atoms with Crippen LogP contribution in [0.25, 0.3) is 0 Å². The van der Waals surface area contributed by atoms with Crippen LogP contribution < -0.4 is 4.90 Å². The molecule has 2 rings (SSSR count). The van der Waals surface area contributed by atoms with Crippen LogP contribution >= 0.6 is 27.3 Å². The van der Waals surface area contributed by atoms with Crippen molar-refractivity contribution in [2.75, 3.05) is 11.9 Å². The third-order valence-corrected chi connectivity index (χ3v) is 4.07. The van der Waals surface area contributed by atoms with E-state index in [-0.39, 0.29) is 0 Å². The van der Waals surface area contributed by atoms with Crippen molar-refractivity contribution in [1.82, 2.24) is 0 Å². The summed E-state index contributed by atoms with van der Waals surface area (Å²) in [6.07, 6.45) is 0. The Morgan fingerprint density at radius 1 is 1.24 bits per heavy atom. The van der Waals surface area contributed by atoms with Crippen molar-refractivity contribution >= 4 is 33.0 Å². The number of thiophene rings is 1. The molecule has 0 N–H and O–H groups in total. The molecule has 1 aromatic heterocycles. The zero-order valence-electron chi connectivity index (χ0n) is 9.35. The highest BCUT2D eigenvalue weighted by Gasteiger charge is 2.04. The molecule has 17 heavy (non-hydrogen) atoms. The van der Waals surface area contributed by atoms with Crippen LogP contribution in [0.2, 0.25) is 0 Å². The van der Waals surface area contributed by atoms with Crippen LogP contribution in [0.15, 0.2) is 40.2 Å². The fraction of sp³-hybridized carbons (Fsp3) is 0.154. The molecule has 1 aromatic carbocycles. The van der Waals surface area contributed by atoms with Gasteiger partial charge in [-0.15, -0.1) is 11.3 Å².